The number of nitrogens with one attached hydrogen (secondary N) is 1. The van der Waals surface area contributed by atoms with Gasteiger partial charge in [0.1, 0.15) is 30.3 Å². The number of fused-ring (bicyclic) bond motifs is 1. The Balaban J connectivity index is 1.36. The molecule has 3 amide bonds. The van der Waals surface area contributed by atoms with Crippen LogP contribution < -0.4 is 19.7 Å². The lowest BCUT2D eigenvalue weighted by Gasteiger charge is -2.23. The second-order valence-electron chi connectivity index (χ2n) is 6.97. The van der Waals surface area contributed by atoms with Crippen LogP contribution >= 0.6 is 0 Å². The Morgan fingerprint density at radius 1 is 1.14 bits per heavy atom. The quantitative estimate of drug-likeness (QED) is 0.886. The highest BCUT2D eigenvalue weighted by molar-refractivity contribution is 6.00. The van der Waals surface area contributed by atoms with Gasteiger partial charge in [-0.05, 0) is 24.3 Å². The maximum atomic E-state index is 12.8. The SMILES string of the molecule is CN1C(=O)C(NC(=O)N2CCC(Oc3ccccc3)C2)COc2ccccc21. The Labute approximate surface area is 163 Å². The van der Waals surface area contributed by atoms with Crippen LogP contribution in [0.3, 0.4) is 0 Å². The molecule has 1 N–H and O–H groups in total. The Bertz CT molecular complexity index is 858. The van der Waals surface area contributed by atoms with Gasteiger partial charge in [-0.1, -0.05) is 30.3 Å². The monoisotopic (exact) mass is 381 g/mol. The average Bonchev–Trinajstić information content (AvgIpc) is 3.15. The number of likely N-dealkylation sites (tertiary alicyclic amines) is 1. The average molecular weight is 381 g/mol. The molecule has 1 fully saturated rings. The van der Waals surface area contributed by atoms with E-state index in [1.54, 1.807) is 11.9 Å². The summed E-state index contributed by atoms with van der Waals surface area (Å²) in [4.78, 5) is 28.6. The number of para-hydroxylation sites is 3. The predicted octanol–water partition coefficient (Wildman–Crippen LogP) is 2.27. The fourth-order valence-electron chi connectivity index (χ4n) is 3.50. The van der Waals surface area contributed by atoms with Gasteiger partial charge in [0.15, 0.2) is 0 Å². The summed E-state index contributed by atoms with van der Waals surface area (Å²) >= 11 is 0. The van der Waals surface area contributed by atoms with Gasteiger partial charge in [0, 0.05) is 20.0 Å². The Hall–Kier alpha value is -3.22. The van der Waals surface area contributed by atoms with E-state index in [0.29, 0.717) is 24.5 Å². The molecule has 2 atom stereocenters. The fourth-order valence-corrected chi connectivity index (χ4v) is 3.50. The molecular weight excluding hydrogens is 358 g/mol. The van der Waals surface area contributed by atoms with Crippen molar-refractivity contribution in [3.8, 4) is 11.5 Å². The van der Waals surface area contributed by atoms with E-state index in [0.717, 1.165) is 12.2 Å². The summed E-state index contributed by atoms with van der Waals surface area (Å²) in [5.74, 6) is 1.23. The number of benzene rings is 2. The van der Waals surface area contributed by atoms with Gasteiger partial charge in [-0.2, -0.15) is 0 Å². The molecule has 2 aliphatic heterocycles. The molecule has 2 aromatic carbocycles. The molecule has 0 bridgehead atoms. The first kappa shape index (κ1) is 18.2. The molecule has 7 nitrogen and oxygen atoms in total. The van der Waals surface area contributed by atoms with Crippen LogP contribution in [0.5, 0.6) is 11.5 Å². The topological polar surface area (TPSA) is 71.1 Å². The van der Waals surface area contributed by atoms with Crippen LogP contribution in [0.15, 0.2) is 54.6 Å². The van der Waals surface area contributed by atoms with Crippen LogP contribution in [0, 0.1) is 0 Å². The molecule has 0 saturated carbocycles. The van der Waals surface area contributed by atoms with Crippen LogP contribution in [-0.2, 0) is 4.79 Å². The smallest absolute Gasteiger partial charge is 0.318 e. The van der Waals surface area contributed by atoms with Gasteiger partial charge < -0.3 is 24.6 Å². The molecule has 0 aromatic heterocycles. The number of amides is 3. The Morgan fingerprint density at radius 2 is 1.89 bits per heavy atom. The van der Waals surface area contributed by atoms with Crippen molar-refractivity contribution in [1.29, 1.82) is 0 Å². The largest absolute Gasteiger partial charge is 0.489 e. The number of nitrogens with zero attached hydrogens (tertiary/aromatic N) is 2. The van der Waals surface area contributed by atoms with E-state index in [4.69, 9.17) is 9.47 Å². The Kier molecular flexibility index (Phi) is 5.06. The summed E-state index contributed by atoms with van der Waals surface area (Å²) in [5.41, 5.74) is 0.696. The van der Waals surface area contributed by atoms with Gasteiger partial charge in [-0.15, -0.1) is 0 Å². The van der Waals surface area contributed by atoms with Gasteiger partial charge >= 0.3 is 6.03 Å². The van der Waals surface area contributed by atoms with Crippen LogP contribution in [0.1, 0.15) is 6.42 Å². The second kappa shape index (κ2) is 7.80. The predicted molar refractivity (Wildman–Crippen MR) is 105 cm³/mol. The molecule has 2 aliphatic rings. The molecule has 1 saturated heterocycles. The first-order valence-corrected chi connectivity index (χ1v) is 9.38. The minimum atomic E-state index is -0.737. The molecule has 0 radical (unpaired) electrons. The molecule has 2 unspecified atom stereocenters. The van der Waals surface area contributed by atoms with Crippen LogP contribution in [0.2, 0.25) is 0 Å². The summed E-state index contributed by atoms with van der Waals surface area (Å²) in [6.07, 6.45) is 0.698. The van der Waals surface area contributed by atoms with Crippen molar-refractivity contribution in [2.45, 2.75) is 18.6 Å². The first-order valence-electron chi connectivity index (χ1n) is 9.38. The summed E-state index contributed by atoms with van der Waals surface area (Å²) in [7, 11) is 1.69. The highest BCUT2D eigenvalue weighted by Gasteiger charge is 2.34. The fraction of sp³-hybridized carbons (Fsp3) is 0.333. The van der Waals surface area contributed by atoms with Crippen molar-refractivity contribution in [3.05, 3.63) is 54.6 Å². The molecule has 0 aliphatic carbocycles. The zero-order valence-corrected chi connectivity index (χ0v) is 15.7. The minimum absolute atomic E-state index is 0.0545. The van der Waals surface area contributed by atoms with Crippen molar-refractivity contribution in [3.63, 3.8) is 0 Å². The number of ether oxygens (including phenoxy) is 2. The molecule has 2 heterocycles. The van der Waals surface area contributed by atoms with Gasteiger partial charge in [-0.3, -0.25) is 4.79 Å². The number of hydrogen-bond donors (Lipinski definition) is 1. The first-order chi connectivity index (χ1) is 13.6. The van der Waals surface area contributed by atoms with Gasteiger partial charge in [0.2, 0.25) is 0 Å². The molecule has 146 valence electrons. The zero-order valence-electron chi connectivity index (χ0n) is 15.7. The number of urea groups is 1. The lowest BCUT2D eigenvalue weighted by molar-refractivity contribution is -0.120. The Morgan fingerprint density at radius 3 is 2.71 bits per heavy atom. The highest BCUT2D eigenvalue weighted by Crippen LogP contribution is 2.30. The van der Waals surface area contributed by atoms with E-state index in [1.165, 1.54) is 4.90 Å². The molecule has 2 aromatic rings. The summed E-state index contributed by atoms with van der Waals surface area (Å²) < 4.78 is 11.7. The van der Waals surface area contributed by atoms with E-state index >= 15 is 0 Å². The van der Waals surface area contributed by atoms with Gasteiger partial charge in [0.25, 0.3) is 5.91 Å². The van der Waals surface area contributed by atoms with Crippen molar-refractivity contribution in [1.82, 2.24) is 10.2 Å². The number of hydrogen-bond acceptors (Lipinski definition) is 4. The van der Waals surface area contributed by atoms with Crippen molar-refractivity contribution >= 4 is 17.6 Å². The van der Waals surface area contributed by atoms with Crippen LogP contribution in [0.4, 0.5) is 10.5 Å². The molecule has 4 rings (SSSR count). The van der Waals surface area contributed by atoms with E-state index in [-0.39, 0.29) is 24.6 Å². The van der Waals surface area contributed by atoms with E-state index in [1.807, 2.05) is 54.6 Å². The maximum absolute atomic E-state index is 12.8. The number of rotatable bonds is 3. The number of carbonyl (C=O) groups is 2. The number of anilines is 1. The molecular formula is C21H23N3O4. The third-order valence-electron chi connectivity index (χ3n) is 5.04. The minimum Gasteiger partial charge on any atom is -0.489 e. The third-order valence-corrected chi connectivity index (χ3v) is 5.04. The second-order valence-corrected chi connectivity index (χ2v) is 6.97. The van der Waals surface area contributed by atoms with E-state index in [9.17, 15) is 9.59 Å². The molecule has 0 spiro atoms. The third kappa shape index (κ3) is 3.74. The summed E-state index contributed by atoms with van der Waals surface area (Å²) in [5, 5.41) is 2.82. The standard InChI is InChI=1S/C21H23N3O4/c1-23-18-9-5-6-10-19(18)27-14-17(20(23)25)22-21(26)24-12-11-16(13-24)28-15-7-3-2-4-8-15/h2-10,16-17H,11-14H2,1H3,(H,22,26). The molecule has 28 heavy (non-hydrogen) atoms. The summed E-state index contributed by atoms with van der Waals surface area (Å²) in [6.45, 7) is 1.17. The lowest BCUT2D eigenvalue weighted by atomic mass is 10.2. The van der Waals surface area contributed by atoms with Gasteiger partial charge in [-0.25, -0.2) is 4.79 Å². The van der Waals surface area contributed by atoms with E-state index < -0.39 is 6.04 Å². The summed E-state index contributed by atoms with van der Waals surface area (Å²) in [6, 6.07) is 15.9. The van der Waals surface area contributed by atoms with Crippen molar-refractivity contribution < 1.29 is 19.1 Å². The van der Waals surface area contributed by atoms with Crippen LogP contribution in [-0.4, -0.2) is 55.7 Å². The van der Waals surface area contributed by atoms with Crippen LogP contribution in [0.25, 0.3) is 0 Å². The normalized spacial score (nSPS) is 21.5. The number of carbonyl (C=O) groups excluding carboxylic acids is 2. The van der Waals surface area contributed by atoms with Gasteiger partial charge in [0.05, 0.1) is 12.2 Å². The van der Waals surface area contributed by atoms with Crippen molar-refractivity contribution in [2.24, 2.45) is 0 Å². The highest BCUT2D eigenvalue weighted by atomic mass is 16.5. The maximum Gasteiger partial charge on any atom is 0.318 e. The lowest BCUT2D eigenvalue weighted by Crippen LogP contribution is -2.53. The van der Waals surface area contributed by atoms with Crippen molar-refractivity contribution in [2.75, 3.05) is 31.6 Å². The zero-order chi connectivity index (χ0) is 19.5. The number of likely N-dealkylation sites (N-methyl/N-ethyl adjacent to an activating group) is 1. The molecule has 7 heteroatoms. The van der Waals surface area contributed by atoms with E-state index in [2.05, 4.69) is 5.32 Å².